The number of urea groups is 1. The zero-order valence-electron chi connectivity index (χ0n) is 15.3. The zero-order valence-corrected chi connectivity index (χ0v) is 16.2. The summed E-state index contributed by atoms with van der Waals surface area (Å²) in [6, 6.07) is 3.44. The largest absolute Gasteiger partial charge is 0.461 e. The van der Waals surface area contributed by atoms with Crippen molar-refractivity contribution >= 4 is 22.0 Å². The lowest BCUT2D eigenvalue weighted by Gasteiger charge is -2.20. The smallest absolute Gasteiger partial charge is 0.427 e. The van der Waals surface area contributed by atoms with E-state index in [-0.39, 0.29) is 11.5 Å². The molecule has 0 atom stereocenters. The first-order valence-corrected chi connectivity index (χ1v) is 9.41. The van der Waals surface area contributed by atoms with Gasteiger partial charge in [-0.05, 0) is 38.5 Å². The average Bonchev–Trinajstić information content (AvgIpc) is 2.52. The predicted molar refractivity (Wildman–Crippen MR) is 93.6 cm³/mol. The molecule has 1 aromatic carbocycles. The minimum absolute atomic E-state index is 0.115. The summed E-state index contributed by atoms with van der Waals surface area (Å²) < 4.78 is 82.0. The third-order valence-electron chi connectivity index (χ3n) is 3.38. The van der Waals surface area contributed by atoms with Gasteiger partial charge in [0, 0.05) is 11.4 Å². The molecule has 0 radical (unpaired) electrons. The number of aromatic nitrogens is 2. The number of rotatable bonds is 6. The number of alkyl halides is 4. The Balaban J connectivity index is 2.32. The Morgan fingerprint density at radius 2 is 1.72 bits per heavy atom. The summed E-state index contributed by atoms with van der Waals surface area (Å²) in [4.78, 5) is 18.9. The number of sulfonamides is 1. The summed E-state index contributed by atoms with van der Waals surface area (Å²) in [6.45, 7) is 4.45. The van der Waals surface area contributed by atoms with E-state index >= 15 is 0 Å². The van der Waals surface area contributed by atoms with Crippen LogP contribution in [0.25, 0.3) is 0 Å². The molecule has 8 nitrogen and oxygen atoms in total. The van der Waals surface area contributed by atoms with Crippen LogP contribution in [0.15, 0.2) is 29.2 Å². The molecule has 1 aromatic heterocycles. The monoisotopic (exact) mass is 436 g/mol. The van der Waals surface area contributed by atoms with Gasteiger partial charge in [-0.3, -0.25) is 5.32 Å². The van der Waals surface area contributed by atoms with Gasteiger partial charge >= 0.3 is 18.6 Å². The van der Waals surface area contributed by atoms with Gasteiger partial charge in [0.25, 0.3) is 10.0 Å². The van der Waals surface area contributed by atoms with E-state index in [4.69, 9.17) is 0 Å². The van der Waals surface area contributed by atoms with Crippen LogP contribution in [-0.2, 0) is 10.0 Å². The molecule has 0 spiro atoms. The van der Waals surface area contributed by atoms with E-state index in [1.165, 1.54) is 13.0 Å². The van der Waals surface area contributed by atoms with Crippen molar-refractivity contribution in [1.82, 2.24) is 14.7 Å². The second-order valence-corrected chi connectivity index (χ2v) is 7.52. The normalized spacial score (nSPS) is 12.0. The van der Waals surface area contributed by atoms with E-state index in [0.717, 1.165) is 12.1 Å². The maximum absolute atomic E-state index is 13.3. The molecule has 2 aromatic rings. The fourth-order valence-corrected chi connectivity index (χ4v) is 3.59. The molecule has 0 fully saturated rings. The van der Waals surface area contributed by atoms with Crippen molar-refractivity contribution in [2.24, 2.45) is 0 Å². The van der Waals surface area contributed by atoms with Gasteiger partial charge in [-0.2, -0.15) is 17.6 Å². The molecule has 0 aliphatic rings. The van der Waals surface area contributed by atoms with Gasteiger partial charge in [0.05, 0.1) is 0 Å². The fourth-order valence-electron chi connectivity index (χ4n) is 2.32. The van der Waals surface area contributed by atoms with Crippen LogP contribution in [0.3, 0.4) is 0 Å². The van der Waals surface area contributed by atoms with Crippen LogP contribution in [0.4, 0.5) is 28.3 Å². The molecule has 2 rings (SSSR count). The van der Waals surface area contributed by atoms with Crippen molar-refractivity contribution in [1.29, 1.82) is 0 Å². The number of ether oxygens (including phenoxy) is 1. The standard InChI is InChI=1S/C16H16F4N4O4S/c1-8-5-4-6-11(28-16(19,20)13(17)18)12(8)29(26,27)24-15(25)23-14-21-9(2)7-10(3)22-14/h4-7,13H,1-3H3,(H2,21,22,23,24,25). The van der Waals surface area contributed by atoms with Gasteiger partial charge in [0.15, 0.2) is 0 Å². The van der Waals surface area contributed by atoms with Crippen LogP contribution in [-0.4, -0.2) is 37.0 Å². The van der Waals surface area contributed by atoms with E-state index < -0.39 is 39.2 Å². The number of aryl methyl sites for hydroxylation is 3. The van der Waals surface area contributed by atoms with Crippen molar-refractivity contribution in [3.8, 4) is 5.75 Å². The van der Waals surface area contributed by atoms with Crippen LogP contribution in [0, 0.1) is 20.8 Å². The Morgan fingerprint density at radius 1 is 1.14 bits per heavy atom. The number of nitrogens with one attached hydrogen (secondary N) is 2. The third kappa shape index (κ3) is 5.53. The van der Waals surface area contributed by atoms with Gasteiger partial charge < -0.3 is 4.74 Å². The Labute approximate surface area is 163 Å². The first-order chi connectivity index (χ1) is 13.3. The number of carbonyl (C=O) groups is 1. The van der Waals surface area contributed by atoms with E-state index in [2.05, 4.69) is 20.0 Å². The molecule has 1 heterocycles. The van der Waals surface area contributed by atoms with Crippen LogP contribution in [0.2, 0.25) is 0 Å². The van der Waals surface area contributed by atoms with Gasteiger partial charge in [0.1, 0.15) is 10.6 Å². The second-order valence-electron chi connectivity index (χ2n) is 5.90. The molecule has 13 heteroatoms. The first-order valence-electron chi connectivity index (χ1n) is 7.92. The summed E-state index contributed by atoms with van der Waals surface area (Å²) in [7, 11) is -4.78. The predicted octanol–water partition coefficient (Wildman–Crippen LogP) is 3.15. The molecule has 0 saturated carbocycles. The number of anilines is 1. The van der Waals surface area contributed by atoms with Gasteiger partial charge in [-0.1, -0.05) is 12.1 Å². The maximum Gasteiger partial charge on any atom is 0.461 e. The molecule has 0 aliphatic heterocycles. The second kappa shape index (κ2) is 8.19. The summed E-state index contributed by atoms with van der Waals surface area (Å²) >= 11 is 0. The number of hydrogen-bond donors (Lipinski definition) is 2. The van der Waals surface area contributed by atoms with Crippen LogP contribution < -0.4 is 14.8 Å². The number of amides is 2. The van der Waals surface area contributed by atoms with Crippen molar-refractivity contribution < 1.29 is 35.5 Å². The quantitative estimate of drug-likeness (QED) is 0.674. The number of halogens is 4. The van der Waals surface area contributed by atoms with Crippen molar-refractivity contribution in [2.75, 3.05) is 5.32 Å². The van der Waals surface area contributed by atoms with Crippen molar-refractivity contribution in [3.63, 3.8) is 0 Å². The third-order valence-corrected chi connectivity index (χ3v) is 4.89. The molecule has 2 N–H and O–H groups in total. The molecular formula is C16H16F4N4O4S. The number of carbonyl (C=O) groups excluding carboxylic acids is 1. The van der Waals surface area contributed by atoms with E-state index in [0.29, 0.717) is 11.4 Å². The van der Waals surface area contributed by atoms with E-state index in [1.54, 1.807) is 24.6 Å². The summed E-state index contributed by atoms with van der Waals surface area (Å²) in [5.74, 6) is -1.24. The summed E-state index contributed by atoms with van der Waals surface area (Å²) in [5.41, 5.74) is 0.884. The minimum Gasteiger partial charge on any atom is -0.427 e. The SMILES string of the molecule is Cc1cc(C)nc(NC(=O)NS(=O)(=O)c2c(C)cccc2OC(F)(F)C(F)F)n1. The highest BCUT2D eigenvalue weighted by Gasteiger charge is 2.45. The average molecular weight is 436 g/mol. The maximum atomic E-state index is 13.3. The lowest BCUT2D eigenvalue weighted by Crippen LogP contribution is -2.37. The highest BCUT2D eigenvalue weighted by molar-refractivity contribution is 7.90. The zero-order chi connectivity index (χ0) is 22.0. The highest BCUT2D eigenvalue weighted by atomic mass is 32.2. The van der Waals surface area contributed by atoms with Crippen LogP contribution in [0.5, 0.6) is 5.75 Å². The Hall–Kier alpha value is -2.96. The number of hydrogen-bond acceptors (Lipinski definition) is 6. The van der Waals surface area contributed by atoms with E-state index in [9.17, 15) is 30.8 Å². The lowest BCUT2D eigenvalue weighted by atomic mass is 10.2. The molecule has 29 heavy (non-hydrogen) atoms. The molecule has 158 valence electrons. The molecular weight excluding hydrogens is 420 g/mol. The summed E-state index contributed by atoms with van der Waals surface area (Å²) in [5, 5.41) is 2.09. The minimum atomic E-state index is -4.94. The van der Waals surface area contributed by atoms with Crippen LogP contribution in [0.1, 0.15) is 17.0 Å². The van der Waals surface area contributed by atoms with Gasteiger partial charge in [-0.25, -0.2) is 27.9 Å². The first kappa shape index (κ1) is 22.3. The Morgan fingerprint density at radius 3 is 2.28 bits per heavy atom. The topological polar surface area (TPSA) is 110 Å². The highest BCUT2D eigenvalue weighted by Crippen LogP contribution is 2.33. The number of nitrogens with zero attached hydrogens (tertiary/aromatic N) is 2. The molecule has 0 unspecified atom stereocenters. The lowest BCUT2D eigenvalue weighted by molar-refractivity contribution is -0.254. The Bertz CT molecular complexity index is 1010. The van der Waals surface area contributed by atoms with Gasteiger partial charge in [-0.15, -0.1) is 0 Å². The molecule has 0 saturated heterocycles. The van der Waals surface area contributed by atoms with Crippen LogP contribution >= 0.6 is 0 Å². The molecule has 0 bridgehead atoms. The molecule has 2 amide bonds. The molecule has 0 aliphatic carbocycles. The summed E-state index contributed by atoms with van der Waals surface area (Å²) in [6.07, 6.45) is -9.13. The Kier molecular flexibility index (Phi) is 6.30. The van der Waals surface area contributed by atoms with Crippen molar-refractivity contribution in [2.45, 2.75) is 38.2 Å². The number of benzene rings is 1. The van der Waals surface area contributed by atoms with Gasteiger partial charge in [0.2, 0.25) is 5.95 Å². The van der Waals surface area contributed by atoms with E-state index in [1.807, 2.05) is 0 Å². The fraction of sp³-hybridized carbons (Fsp3) is 0.312. The van der Waals surface area contributed by atoms with Crippen molar-refractivity contribution in [3.05, 3.63) is 41.2 Å².